The summed E-state index contributed by atoms with van der Waals surface area (Å²) in [5.74, 6) is 0.652. The zero-order chi connectivity index (χ0) is 33.4. The third-order valence-corrected chi connectivity index (χ3v) is 9.32. The molecule has 0 bridgehead atoms. The normalized spacial score (nSPS) is 30.3. The van der Waals surface area contributed by atoms with Crippen molar-refractivity contribution >= 4 is 0 Å². The molecule has 4 aliphatic rings. The van der Waals surface area contributed by atoms with Crippen molar-refractivity contribution in [2.24, 2.45) is 16.7 Å². The summed E-state index contributed by atoms with van der Waals surface area (Å²) >= 11 is 0. The number of aliphatic hydroxyl groups excluding tert-OH is 2. The van der Waals surface area contributed by atoms with Crippen molar-refractivity contribution in [3.05, 3.63) is 59.8 Å². The van der Waals surface area contributed by atoms with Gasteiger partial charge >= 0.3 is 12.4 Å². The van der Waals surface area contributed by atoms with Crippen LogP contribution in [0.3, 0.4) is 0 Å². The molecule has 0 aromatic rings. The molecule has 9 heteroatoms. The van der Waals surface area contributed by atoms with E-state index in [9.17, 15) is 36.6 Å². The third-order valence-electron chi connectivity index (χ3n) is 9.32. The van der Waals surface area contributed by atoms with E-state index in [0.29, 0.717) is 29.6 Å². The van der Waals surface area contributed by atoms with E-state index in [1.807, 2.05) is 27.7 Å². The molecule has 43 heavy (non-hydrogen) atoms. The number of rotatable bonds is 4. The second-order valence-corrected chi connectivity index (χ2v) is 11.7. The zero-order valence-electron chi connectivity index (χ0n) is 26.6. The molecule has 3 N–H and O–H groups in total. The van der Waals surface area contributed by atoms with Crippen molar-refractivity contribution in [2.75, 3.05) is 0 Å². The first-order valence-corrected chi connectivity index (χ1v) is 15.6. The lowest BCUT2D eigenvalue weighted by molar-refractivity contribution is -0.347. The van der Waals surface area contributed by atoms with Crippen molar-refractivity contribution in [3.63, 3.8) is 0 Å². The molecule has 0 aliphatic heterocycles. The fraction of sp³-hybridized carbons (Fsp3) is 0.706. The van der Waals surface area contributed by atoms with Crippen molar-refractivity contribution in [1.29, 1.82) is 0 Å². The minimum absolute atomic E-state index is 0.329. The number of allylic oxidation sites excluding steroid dienone is 5. The van der Waals surface area contributed by atoms with E-state index in [1.165, 1.54) is 51.4 Å². The fourth-order valence-electron chi connectivity index (χ4n) is 6.71. The smallest absolute Gasteiger partial charge is 0.393 e. The SMILES string of the molecule is C=C1/C(=C\C=C2/CCCC3(C)C(C4(CC)CC4)=CCC[C@@H]23)C[C@@H](O)CC1O.C=CC(O)(C(F)(F)F)C(F)(F)F.CC.CC. The van der Waals surface area contributed by atoms with Crippen molar-refractivity contribution in [3.8, 4) is 0 Å². The molecule has 248 valence electrons. The summed E-state index contributed by atoms with van der Waals surface area (Å²) in [5, 5.41) is 28.3. The van der Waals surface area contributed by atoms with E-state index in [2.05, 4.69) is 45.2 Å². The lowest BCUT2D eigenvalue weighted by atomic mass is 9.55. The Hall–Kier alpha value is -1.84. The lowest BCUT2D eigenvalue weighted by Crippen LogP contribution is -2.55. The second-order valence-electron chi connectivity index (χ2n) is 11.7. The predicted octanol–water partition coefficient (Wildman–Crippen LogP) is 9.71. The summed E-state index contributed by atoms with van der Waals surface area (Å²) in [7, 11) is 0. The molecule has 3 fully saturated rings. The van der Waals surface area contributed by atoms with Crippen LogP contribution in [0.4, 0.5) is 26.3 Å². The van der Waals surface area contributed by atoms with Gasteiger partial charge in [-0.1, -0.05) is 84.1 Å². The number of alkyl halides is 6. The fourth-order valence-corrected chi connectivity index (χ4v) is 6.71. The van der Waals surface area contributed by atoms with Crippen LogP contribution in [0.25, 0.3) is 0 Å². The van der Waals surface area contributed by atoms with Crippen LogP contribution in [-0.4, -0.2) is 45.5 Å². The number of halogens is 6. The summed E-state index contributed by atoms with van der Waals surface area (Å²) < 4.78 is 69.4. The molecule has 2 unspecified atom stereocenters. The highest BCUT2D eigenvalue weighted by atomic mass is 19.4. The Morgan fingerprint density at radius 2 is 1.53 bits per heavy atom. The Labute approximate surface area is 254 Å². The van der Waals surface area contributed by atoms with E-state index in [1.54, 1.807) is 11.1 Å². The lowest BCUT2D eigenvalue weighted by Gasteiger charge is -2.50. The van der Waals surface area contributed by atoms with Gasteiger partial charge in [0.2, 0.25) is 0 Å². The van der Waals surface area contributed by atoms with Crippen molar-refractivity contribution < 1.29 is 41.7 Å². The van der Waals surface area contributed by atoms with Gasteiger partial charge in [-0.2, -0.15) is 26.3 Å². The Balaban J connectivity index is 0.000000490. The molecule has 0 amide bonds. The highest BCUT2D eigenvalue weighted by molar-refractivity contribution is 5.40. The summed E-state index contributed by atoms with van der Waals surface area (Å²) in [4.78, 5) is 0. The Morgan fingerprint density at radius 3 is 1.98 bits per heavy atom. The van der Waals surface area contributed by atoms with E-state index in [4.69, 9.17) is 5.11 Å². The Kier molecular flexibility index (Phi) is 14.1. The number of aliphatic hydroxyl groups is 3. The third kappa shape index (κ3) is 8.46. The summed E-state index contributed by atoms with van der Waals surface area (Å²) in [6, 6.07) is 0. The second kappa shape index (κ2) is 15.4. The van der Waals surface area contributed by atoms with Crippen LogP contribution in [0.1, 0.15) is 106 Å². The first-order valence-electron chi connectivity index (χ1n) is 15.6. The molecule has 0 aromatic carbocycles. The minimum atomic E-state index is -5.80. The summed E-state index contributed by atoms with van der Waals surface area (Å²) in [5.41, 5.74) is 1.20. The molecule has 0 spiro atoms. The van der Waals surface area contributed by atoms with Gasteiger partial charge in [-0.05, 0) is 91.8 Å². The minimum Gasteiger partial charge on any atom is -0.393 e. The molecular weight excluding hydrogens is 570 g/mol. The molecule has 3 nitrogen and oxygen atoms in total. The molecule has 4 rings (SSSR count). The maximum Gasteiger partial charge on any atom is 0.429 e. The van der Waals surface area contributed by atoms with Gasteiger partial charge in [0, 0.05) is 6.42 Å². The molecule has 0 saturated heterocycles. The van der Waals surface area contributed by atoms with Gasteiger partial charge in [-0.3, -0.25) is 0 Å². The van der Waals surface area contributed by atoms with E-state index in [-0.39, 0.29) is 0 Å². The summed E-state index contributed by atoms with van der Waals surface area (Å²) in [6.07, 6.45) is 5.20. The van der Waals surface area contributed by atoms with Crippen molar-refractivity contribution in [1.82, 2.24) is 0 Å². The topological polar surface area (TPSA) is 60.7 Å². The molecule has 0 radical (unpaired) electrons. The molecular formula is C34H52F6O3. The molecule has 0 aromatic heterocycles. The van der Waals surface area contributed by atoms with Gasteiger partial charge in [-0.15, -0.1) is 0 Å². The molecule has 0 heterocycles. The average molecular weight is 623 g/mol. The van der Waals surface area contributed by atoms with Crippen LogP contribution in [0, 0.1) is 16.7 Å². The quantitative estimate of drug-likeness (QED) is 0.216. The largest absolute Gasteiger partial charge is 0.429 e. The maximum atomic E-state index is 11.6. The first-order chi connectivity index (χ1) is 20.0. The Morgan fingerprint density at radius 1 is 0.977 bits per heavy atom. The number of hydrogen-bond acceptors (Lipinski definition) is 3. The molecule has 4 atom stereocenters. The number of hydrogen-bond donors (Lipinski definition) is 3. The average Bonchev–Trinajstić information content (AvgIpc) is 3.75. The van der Waals surface area contributed by atoms with E-state index >= 15 is 0 Å². The van der Waals surface area contributed by atoms with Crippen LogP contribution in [0.2, 0.25) is 0 Å². The first kappa shape index (κ1) is 39.2. The van der Waals surface area contributed by atoms with Gasteiger partial charge in [0.05, 0.1) is 12.2 Å². The van der Waals surface area contributed by atoms with Gasteiger partial charge in [0.1, 0.15) is 0 Å². The predicted molar refractivity (Wildman–Crippen MR) is 161 cm³/mol. The zero-order valence-corrected chi connectivity index (χ0v) is 26.6. The van der Waals surface area contributed by atoms with Crippen LogP contribution < -0.4 is 0 Å². The standard InChI is InChI=1S/C25H36O2.C5H4F6O.2C2H6/c1-4-25(13-14-25)23-9-5-8-21-18(7-6-12-24(21,23)3)10-11-19-15-20(26)16-22(27)17(19)2;1-2-3(12,4(6,7)8)5(9,10)11;2*1-2/h9-11,20-22,26-27H,2,4-8,12-16H2,1,3H3;2,12H,1H2;2*1-2H3/b18-10+,19-11-;;;/t20-,21+,22?,24?;;;/m1.../s1. The highest BCUT2D eigenvalue weighted by Gasteiger charge is 2.68. The van der Waals surface area contributed by atoms with Gasteiger partial charge in [0.25, 0.3) is 5.60 Å². The molecule has 4 aliphatic carbocycles. The Bertz CT molecular complexity index is 1020. The van der Waals surface area contributed by atoms with Gasteiger partial charge in [0.15, 0.2) is 0 Å². The van der Waals surface area contributed by atoms with Gasteiger partial charge in [-0.25, -0.2) is 0 Å². The van der Waals surface area contributed by atoms with E-state index < -0.39 is 36.2 Å². The molecule has 3 saturated carbocycles. The van der Waals surface area contributed by atoms with Crippen LogP contribution in [-0.2, 0) is 0 Å². The maximum absolute atomic E-state index is 11.6. The van der Waals surface area contributed by atoms with Gasteiger partial charge < -0.3 is 15.3 Å². The highest BCUT2D eigenvalue weighted by Crippen LogP contribution is 2.66. The number of fused-ring (bicyclic) bond motifs is 1. The monoisotopic (exact) mass is 622 g/mol. The van der Waals surface area contributed by atoms with Crippen LogP contribution >= 0.6 is 0 Å². The van der Waals surface area contributed by atoms with Crippen LogP contribution in [0.5, 0.6) is 0 Å². The van der Waals surface area contributed by atoms with Crippen LogP contribution in [0.15, 0.2) is 59.8 Å². The summed E-state index contributed by atoms with van der Waals surface area (Å²) in [6.45, 7) is 19.2. The van der Waals surface area contributed by atoms with E-state index in [0.717, 1.165) is 11.1 Å². The van der Waals surface area contributed by atoms with Crippen molar-refractivity contribution in [2.45, 2.75) is 136 Å².